The summed E-state index contributed by atoms with van der Waals surface area (Å²) in [5, 5.41) is 11.4. The highest BCUT2D eigenvalue weighted by molar-refractivity contribution is 5.62. The number of aromatic nitrogens is 4. The Bertz CT molecular complexity index is 511. The van der Waals surface area contributed by atoms with E-state index in [1.165, 1.54) is 0 Å². The molecule has 2 rings (SSSR count). The Labute approximate surface area is 105 Å². The molecule has 1 unspecified atom stereocenters. The monoisotopic (exact) mass is 250 g/mol. The topological polar surface area (TPSA) is 90.4 Å². The maximum absolute atomic E-state index is 5.72. The zero-order chi connectivity index (χ0) is 13.0. The molecule has 3 N–H and O–H groups in total. The molecule has 0 aliphatic carbocycles. The number of nitrogens with one attached hydrogen (secondary N) is 1. The molecule has 0 aliphatic heterocycles. The van der Waals surface area contributed by atoms with Gasteiger partial charge in [-0.25, -0.2) is 4.98 Å². The predicted molar refractivity (Wildman–Crippen MR) is 68.5 cm³/mol. The molecule has 0 aliphatic rings. The number of nitrogens with two attached hydrogens (primary N) is 1. The van der Waals surface area contributed by atoms with E-state index in [4.69, 9.17) is 10.5 Å². The molecular formula is C11H18N6O. The summed E-state index contributed by atoms with van der Waals surface area (Å²) in [4.78, 5) is 4.29. The average Bonchev–Trinajstić information content (AvgIpc) is 2.77. The quantitative estimate of drug-likeness (QED) is 0.761. The molecule has 0 saturated carbocycles. The fourth-order valence-corrected chi connectivity index (χ4v) is 1.75. The van der Waals surface area contributed by atoms with Crippen molar-refractivity contribution in [2.24, 2.45) is 5.73 Å². The molecular weight excluding hydrogens is 232 g/mol. The Kier molecular flexibility index (Phi) is 4.06. The minimum absolute atomic E-state index is 0.112. The van der Waals surface area contributed by atoms with Crippen LogP contribution < -0.4 is 11.1 Å². The van der Waals surface area contributed by atoms with Crippen LogP contribution >= 0.6 is 0 Å². The second kappa shape index (κ2) is 5.74. The van der Waals surface area contributed by atoms with Gasteiger partial charge in [0.05, 0.1) is 0 Å². The first-order chi connectivity index (χ1) is 8.76. The summed E-state index contributed by atoms with van der Waals surface area (Å²) in [5.41, 5.74) is 6.44. The predicted octanol–water partition coefficient (Wildman–Crippen LogP) is 0.208. The molecule has 0 amide bonds. The summed E-state index contributed by atoms with van der Waals surface area (Å²) < 4.78 is 6.94. The molecule has 0 spiro atoms. The largest absolute Gasteiger partial charge is 0.385 e. The van der Waals surface area contributed by atoms with Crippen molar-refractivity contribution < 1.29 is 4.74 Å². The lowest BCUT2D eigenvalue weighted by Crippen LogP contribution is -2.30. The Morgan fingerprint density at radius 2 is 2.33 bits per heavy atom. The van der Waals surface area contributed by atoms with E-state index in [0.29, 0.717) is 24.6 Å². The van der Waals surface area contributed by atoms with E-state index in [1.807, 2.05) is 17.5 Å². The highest BCUT2D eigenvalue weighted by atomic mass is 16.5. The summed E-state index contributed by atoms with van der Waals surface area (Å²) in [6.45, 7) is 3.07. The fourth-order valence-electron chi connectivity index (χ4n) is 1.75. The molecule has 0 bridgehead atoms. The lowest BCUT2D eigenvalue weighted by molar-refractivity contribution is 0.190. The van der Waals surface area contributed by atoms with Gasteiger partial charge in [-0.1, -0.05) is 0 Å². The zero-order valence-electron chi connectivity index (χ0n) is 10.6. The first-order valence-electron chi connectivity index (χ1n) is 5.88. The molecule has 18 heavy (non-hydrogen) atoms. The molecule has 2 heterocycles. The van der Waals surface area contributed by atoms with Crippen LogP contribution in [0.25, 0.3) is 5.65 Å². The SMILES string of the molecule is COCCC(CN)Nc1nccn2c(C)nnc12. The molecule has 2 aromatic heterocycles. The Morgan fingerprint density at radius 3 is 3.06 bits per heavy atom. The Morgan fingerprint density at radius 1 is 1.50 bits per heavy atom. The molecule has 0 radical (unpaired) electrons. The van der Waals surface area contributed by atoms with Gasteiger partial charge in [-0.05, 0) is 13.3 Å². The minimum atomic E-state index is 0.112. The normalized spacial score (nSPS) is 12.8. The van der Waals surface area contributed by atoms with E-state index in [2.05, 4.69) is 20.5 Å². The molecule has 7 heteroatoms. The van der Waals surface area contributed by atoms with Crippen molar-refractivity contribution in [2.45, 2.75) is 19.4 Å². The van der Waals surface area contributed by atoms with Crippen LogP contribution in [0.3, 0.4) is 0 Å². The van der Waals surface area contributed by atoms with Gasteiger partial charge in [-0.3, -0.25) is 4.40 Å². The van der Waals surface area contributed by atoms with Gasteiger partial charge in [0.15, 0.2) is 5.82 Å². The van der Waals surface area contributed by atoms with Gasteiger partial charge in [-0.2, -0.15) is 0 Å². The van der Waals surface area contributed by atoms with Gasteiger partial charge in [0, 0.05) is 38.7 Å². The van der Waals surface area contributed by atoms with Crippen LogP contribution in [0.2, 0.25) is 0 Å². The van der Waals surface area contributed by atoms with Crippen molar-refractivity contribution in [3.05, 3.63) is 18.2 Å². The number of anilines is 1. The Balaban J connectivity index is 2.20. The number of rotatable bonds is 6. The second-order valence-corrected chi connectivity index (χ2v) is 4.08. The van der Waals surface area contributed by atoms with Gasteiger partial charge in [-0.15, -0.1) is 10.2 Å². The third-order valence-electron chi connectivity index (χ3n) is 2.79. The number of hydrogen-bond donors (Lipinski definition) is 2. The molecule has 98 valence electrons. The van der Waals surface area contributed by atoms with E-state index < -0.39 is 0 Å². The van der Waals surface area contributed by atoms with E-state index in [9.17, 15) is 0 Å². The minimum Gasteiger partial charge on any atom is -0.385 e. The van der Waals surface area contributed by atoms with Crippen molar-refractivity contribution in [1.82, 2.24) is 19.6 Å². The summed E-state index contributed by atoms with van der Waals surface area (Å²) in [6, 6.07) is 0.112. The number of hydrogen-bond acceptors (Lipinski definition) is 6. The standard InChI is InChI=1S/C11H18N6O/c1-8-15-16-11-10(13-4-5-17(8)11)14-9(7-12)3-6-18-2/h4-5,9H,3,6-7,12H2,1-2H3,(H,13,14). The smallest absolute Gasteiger partial charge is 0.203 e. The van der Waals surface area contributed by atoms with Gasteiger partial charge in [0.1, 0.15) is 5.82 Å². The van der Waals surface area contributed by atoms with E-state index in [1.54, 1.807) is 13.3 Å². The second-order valence-electron chi connectivity index (χ2n) is 4.08. The van der Waals surface area contributed by atoms with E-state index in [0.717, 1.165) is 12.2 Å². The summed E-state index contributed by atoms with van der Waals surface area (Å²) in [5.74, 6) is 1.53. The number of fused-ring (bicyclic) bond motifs is 1. The lowest BCUT2D eigenvalue weighted by atomic mass is 10.2. The zero-order valence-corrected chi connectivity index (χ0v) is 10.6. The third-order valence-corrected chi connectivity index (χ3v) is 2.79. The van der Waals surface area contributed by atoms with Gasteiger partial charge < -0.3 is 15.8 Å². The Hall–Kier alpha value is -1.73. The first kappa shape index (κ1) is 12.7. The van der Waals surface area contributed by atoms with Crippen LogP contribution in [0.4, 0.5) is 5.82 Å². The van der Waals surface area contributed by atoms with Crippen LogP contribution in [0, 0.1) is 6.92 Å². The molecule has 0 fully saturated rings. The molecule has 0 aromatic carbocycles. The molecule has 2 aromatic rings. The van der Waals surface area contributed by atoms with Crippen molar-refractivity contribution in [2.75, 3.05) is 25.6 Å². The number of ether oxygens (including phenoxy) is 1. The molecule has 0 saturated heterocycles. The van der Waals surface area contributed by atoms with Crippen LogP contribution in [0.5, 0.6) is 0 Å². The maximum Gasteiger partial charge on any atom is 0.203 e. The number of nitrogens with zero attached hydrogens (tertiary/aromatic N) is 4. The highest BCUT2D eigenvalue weighted by Gasteiger charge is 2.12. The molecule has 7 nitrogen and oxygen atoms in total. The lowest BCUT2D eigenvalue weighted by Gasteiger charge is -2.16. The average molecular weight is 250 g/mol. The van der Waals surface area contributed by atoms with Crippen molar-refractivity contribution in [3.8, 4) is 0 Å². The fraction of sp³-hybridized carbons (Fsp3) is 0.545. The number of methoxy groups -OCH3 is 1. The first-order valence-corrected chi connectivity index (χ1v) is 5.88. The van der Waals surface area contributed by atoms with E-state index >= 15 is 0 Å². The third kappa shape index (κ3) is 2.57. The van der Waals surface area contributed by atoms with Crippen LogP contribution in [-0.4, -0.2) is 45.9 Å². The highest BCUT2D eigenvalue weighted by Crippen LogP contribution is 2.13. The van der Waals surface area contributed by atoms with Gasteiger partial charge >= 0.3 is 0 Å². The summed E-state index contributed by atoms with van der Waals surface area (Å²) in [7, 11) is 1.68. The van der Waals surface area contributed by atoms with E-state index in [-0.39, 0.29) is 6.04 Å². The summed E-state index contributed by atoms with van der Waals surface area (Å²) >= 11 is 0. The van der Waals surface area contributed by atoms with Crippen molar-refractivity contribution >= 4 is 11.5 Å². The van der Waals surface area contributed by atoms with Crippen LogP contribution in [-0.2, 0) is 4.74 Å². The van der Waals surface area contributed by atoms with Gasteiger partial charge in [0.2, 0.25) is 5.65 Å². The number of aryl methyl sites for hydroxylation is 1. The molecule has 1 atom stereocenters. The summed E-state index contributed by atoms with van der Waals surface area (Å²) in [6.07, 6.45) is 4.38. The van der Waals surface area contributed by atoms with Crippen molar-refractivity contribution in [1.29, 1.82) is 0 Å². The van der Waals surface area contributed by atoms with Crippen LogP contribution in [0.15, 0.2) is 12.4 Å². The maximum atomic E-state index is 5.72. The van der Waals surface area contributed by atoms with Crippen molar-refractivity contribution in [3.63, 3.8) is 0 Å². The van der Waals surface area contributed by atoms with Gasteiger partial charge in [0.25, 0.3) is 0 Å². The van der Waals surface area contributed by atoms with Crippen LogP contribution in [0.1, 0.15) is 12.2 Å².